The van der Waals surface area contributed by atoms with Crippen molar-refractivity contribution in [2.75, 3.05) is 0 Å². The number of H-pyrrole nitrogens is 1. The molecule has 90 valence electrons. The Labute approximate surface area is 103 Å². The predicted octanol–water partition coefficient (Wildman–Crippen LogP) is 1.67. The second-order valence-electron chi connectivity index (χ2n) is 4.04. The highest BCUT2D eigenvalue weighted by molar-refractivity contribution is 5.84. The lowest BCUT2D eigenvalue weighted by Gasteiger charge is -2.05. The van der Waals surface area contributed by atoms with E-state index >= 15 is 0 Å². The maximum atomic E-state index is 11.3. The minimum absolute atomic E-state index is 0.112. The second-order valence-corrected chi connectivity index (χ2v) is 4.04. The third-order valence-corrected chi connectivity index (χ3v) is 2.87. The Kier molecular flexibility index (Phi) is 2.44. The monoisotopic (exact) mass is 240 g/mol. The number of pyridine rings is 2. The number of hydrogen-bond donors (Lipinski definition) is 1. The van der Waals surface area contributed by atoms with Gasteiger partial charge < -0.3 is 4.98 Å². The first-order valence-corrected chi connectivity index (χ1v) is 5.79. The van der Waals surface area contributed by atoms with Crippen molar-refractivity contribution in [1.82, 2.24) is 19.5 Å². The van der Waals surface area contributed by atoms with Gasteiger partial charge in [0.25, 0.3) is 0 Å². The molecule has 0 radical (unpaired) electrons. The number of hydrogen-bond acceptors (Lipinski definition) is 3. The molecule has 0 aliphatic rings. The van der Waals surface area contributed by atoms with E-state index in [4.69, 9.17) is 0 Å². The van der Waals surface area contributed by atoms with E-state index in [1.54, 1.807) is 24.7 Å². The molecule has 5 heteroatoms. The van der Waals surface area contributed by atoms with Gasteiger partial charge in [-0.1, -0.05) is 6.92 Å². The normalized spacial score (nSPS) is 10.9. The fraction of sp³-hybridized carbons (Fsp3) is 0.154. The summed E-state index contributed by atoms with van der Waals surface area (Å²) in [5, 5.41) is 0.900. The molecule has 3 rings (SSSR count). The number of aryl methyl sites for hydroxylation is 1. The van der Waals surface area contributed by atoms with Gasteiger partial charge in [-0.2, -0.15) is 0 Å². The van der Waals surface area contributed by atoms with Crippen LogP contribution in [0.15, 0.2) is 41.7 Å². The molecule has 0 saturated carbocycles. The first-order valence-electron chi connectivity index (χ1n) is 5.79. The maximum Gasteiger partial charge on any atom is 0.248 e. The molecule has 0 bridgehead atoms. The van der Waals surface area contributed by atoms with Crippen molar-refractivity contribution in [3.8, 4) is 5.82 Å². The van der Waals surface area contributed by atoms with Crippen LogP contribution in [-0.2, 0) is 6.42 Å². The molecule has 0 saturated heterocycles. The van der Waals surface area contributed by atoms with E-state index in [0.717, 1.165) is 28.8 Å². The van der Waals surface area contributed by atoms with Gasteiger partial charge in [-0.25, -0.2) is 9.97 Å². The summed E-state index contributed by atoms with van der Waals surface area (Å²) in [4.78, 5) is 22.7. The van der Waals surface area contributed by atoms with Crippen LogP contribution in [0.4, 0.5) is 0 Å². The Morgan fingerprint density at radius 3 is 2.94 bits per heavy atom. The summed E-state index contributed by atoms with van der Waals surface area (Å²) < 4.78 is 1.87. The van der Waals surface area contributed by atoms with Gasteiger partial charge in [-0.3, -0.25) is 9.36 Å². The van der Waals surface area contributed by atoms with E-state index in [9.17, 15) is 4.79 Å². The van der Waals surface area contributed by atoms with Crippen molar-refractivity contribution in [3.63, 3.8) is 0 Å². The summed E-state index contributed by atoms with van der Waals surface area (Å²) in [5.74, 6) is 0.774. The zero-order valence-corrected chi connectivity index (χ0v) is 9.92. The van der Waals surface area contributed by atoms with Crippen LogP contribution in [0.1, 0.15) is 12.6 Å². The van der Waals surface area contributed by atoms with Gasteiger partial charge in [-0.15, -0.1) is 0 Å². The number of aromatic amines is 1. The molecular formula is C13H12N4O. The van der Waals surface area contributed by atoms with Crippen molar-refractivity contribution in [2.24, 2.45) is 0 Å². The Hall–Kier alpha value is -2.43. The molecular weight excluding hydrogens is 228 g/mol. The molecule has 18 heavy (non-hydrogen) atoms. The molecule has 0 fully saturated rings. The van der Waals surface area contributed by atoms with Gasteiger partial charge in [0.15, 0.2) is 0 Å². The molecule has 5 nitrogen and oxygen atoms in total. The molecule has 3 aromatic heterocycles. The van der Waals surface area contributed by atoms with Crippen LogP contribution in [0.25, 0.3) is 16.7 Å². The van der Waals surface area contributed by atoms with Gasteiger partial charge in [0, 0.05) is 23.8 Å². The molecule has 0 aromatic carbocycles. The largest absolute Gasteiger partial charge is 0.322 e. The second kappa shape index (κ2) is 4.10. The van der Waals surface area contributed by atoms with Crippen LogP contribution in [0.5, 0.6) is 0 Å². The highest BCUT2D eigenvalue weighted by Gasteiger charge is 2.06. The average molecular weight is 240 g/mol. The smallest absolute Gasteiger partial charge is 0.248 e. The topological polar surface area (TPSA) is 63.6 Å². The van der Waals surface area contributed by atoms with E-state index in [2.05, 4.69) is 21.9 Å². The highest BCUT2D eigenvalue weighted by Crippen LogP contribution is 2.17. The molecule has 0 aliphatic carbocycles. The molecule has 0 spiro atoms. The Balaban J connectivity index is 2.25. The molecule has 0 amide bonds. The summed E-state index contributed by atoms with van der Waals surface area (Å²) in [6.45, 7) is 2.06. The first-order chi connectivity index (χ1) is 8.78. The standard InChI is InChI=1S/C13H12N4O/c1-2-9-7-17(8-15-9)13-10-3-4-12(18)16-11(10)5-6-14-13/h3-8H,2H2,1H3,(H,16,18). The van der Waals surface area contributed by atoms with Crippen LogP contribution >= 0.6 is 0 Å². The van der Waals surface area contributed by atoms with Crippen LogP contribution < -0.4 is 5.56 Å². The number of nitrogens with one attached hydrogen (secondary N) is 1. The fourth-order valence-electron chi connectivity index (χ4n) is 1.94. The van der Waals surface area contributed by atoms with Gasteiger partial charge >= 0.3 is 0 Å². The van der Waals surface area contributed by atoms with Gasteiger partial charge in [-0.05, 0) is 18.6 Å². The van der Waals surface area contributed by atoms with E-state index in [0.29, 0.717) is 0 Å². The first kappa shape index (κ1) is 10.7. The molecule has 3 aromatic rings. The van der Waals surface area contributed by atoms with E-state index in [1.165, 1.54) is 6.07 Å². The lowest BCUT2D eigenvalue weighted by molar-refractivity contribution is 1.00. The number of rotatable bonds is 2. The van der Waals surface area contributed by atoms with Crippen LogP contribution in [0.2, 0.25) is 0 Å². The SMILES string of the molecule is CCc1cn(-c2nccc3[nH]c(=O)ccc23)cn1. The lowest BCUT2D eigenvalue weighted by atomic mass is 10.2. The number of fused-ring (bicyclic) bond motifs is 1. The average Bonchev–Trinajstić information content (AvgIpc) is 2.86. The lowest BCUT2D eigenvalue weighted by Crippen LogP contribution is -2.04. The summed E-state index contributed by atoms with van der Waals surface area (Å²) in [6, 6.07) is 5.07. The summed E-state index contributed by atoms with van der Waals surface area (Å²) >= 11 is 0. The van der Waals surface area contributed by atoms with Crippen LogP contribution in [-0.4, -0.2) is 19.5 Å². The van der Waals surface area contributed by atoms with Crippen LogP contribution in [0, 0.1) is 0 Å². The summed E-state index contributed by atoms with van der Waals surface area (Å²) in [5.41, 5.74) is 1.68. The number of aromatic nitrogens is 4. The zero-order valence-electron chi connectivity index (χ0n) is 9.92. The van der Waals surface area contributed by atoms with Gasteiger partial charge in [0.1, 0.15) is 12.1 Å². The Morgan fingerprint density at radius 2 is 2.17 bits per heavy atom. The quantitative estimate of drug-likeness (QED) is 0.741. The third-order valence-electron chi connectivity index (χ3n) is 2.87. The number of nitrogens with zero attached hydrogens (tertiary/aromatic N) is 3. The highest BCUT2D eigenvalue weighted by atomic mass is 16.1. The minimum Gasteiger partial charge on any atom is -0.322 e. The zero-order chi connectivity index (χ0) is 12.5. The Morgan fingerprint density at radius 1 is 1.28 bits per heavy atom. The molecule has 0 aliphatic heterocycles. The number of imidazole rings is 1. The minimum atomic E-state index is -0.112. The van der Waals surface area contributed by atoms with E-state index in [-0.39, 0.29) is 5.56 Å². The van der Waals surface area contributed by atoms with Crippen LogP contribution in [0.3, 0.4) is 0 Å². The van der Waals surface area contributed by atoms with Crippen molar-refractivity contribution in [1.29, 1.82) is 0 Å². The third kappa shape index (κ3) is 1.69. The van der Waals surface area contributed by atoms with E-state index in [1.807, 2.05) is 10.8 Å². The fourth-order valence-corrected chi connectivity index (χ4v) is 1.94. The van der Waals surface area contributed by atoms with Crippen molar-refractivity contribution < 1.29 is 0 Å². The van der Waals surface area contributed by atoms with Crippen molar-refractivity contribution in [3.05, 3.63) is 53.0 Å². The summed E-state index contributed by atoms with van der Waals surface area (Å²) in [7, 11) is 0. The summed E-state index contributed by atoms with van der Waals surface area (Å²) in [6.07, 6.45) is 6.26. The maximum absolute atomic E-state index is 11.3. The molecule has 1 N–H and O–H groups in total. The van der Waals surface area contributed by atoms with Gasteiger partial charge in [0.2, 0.25) is 5.56 Å². The van der Waals surface area contributed by atoms with Gasteiger partial charge in [0.05, 0.1) is 11.2 Å². The van der Waals surface area contributed by atoms with Crippen molar-refractivity contribution in [2.45, 2.75) is 13.3 Å². The van der Waals surface area contributed by atoms with E-state index < -0.39 is 0 Å². The molecule has 0 atom stereocenters. The molecule has 3 heterocycles. The predicted molar refractivity (Wildman–Crippen MR) is 68.9 cm³/mol. The Bertz CT molecular complexity index is 757. The molecule has 0 unspecified atom stereocenters. The van der Waals surface area contributed by atoms with Crippen molar-refractivity contribution >= 4 is 10.9 Å².